The molecule has 1 unspecified atom stereocenters. The second kappa shape index (κ2) is 8.04. The van der Waals surface area contributed by atoms with E-state index in [0.717, 1.165) is 18.5 Å². The van der Waals surface area contributed by atoms with E-state index in [1.807, 2.05) is 13.8 Å². The monoisotopic (exact) mass is 282 g/mol. The van der Waals surface area contributed by atoms with Crippen LogP contribution >= 0.6 is 0 Å². The Hall–Kier alpha value is -1.36. The number of nitrogens with zero attached hydrogens (tertiary/aromatic N) is 1. The van der Waals surface area contributed by atoms with E-state index in [1.165, 1.54) is 0 Å². The average Bonchev–Trinajstić information content (AvgIpc) is 2.89. The Bertz CT molecular complexity index is 411. The van der Waals surface area contributed by atoms with Crippen LogP contribution in [0.25, 0.3) is 0 Å². The predicted molar refractivity (Wildman–Crippen MR) is 77.6 cm³/mol. The summed E-state index contributed by atoms with van der Waals surface area (Å²) < 4.78 is 5.09. The second-order valence-corrected chi connectivity index (χ2v) is 5.49. The van der Waals surface area contributed by atoms with Gasteiger partial charge in [0.1, 0.15) is 0 Å². The van der Waals surface area contributed by atoms with Gasteiger partial charge >= 0.3 is 0 Å². The molecule has 5 nitrogen and oxygen atoms in total. The molecule has 114 valence electrons. The minimum Gasteiger partial charge on any atom is -0.393 e. The highest BCUT2D eigenvalue weighted by Gasteiger charge is 2.17. The van der Waals surface area contributed by atoms with E-state index in [9.17, 15) is 9.90 Å². The van der Waals surface area contributed by atoms with Crippen LogP contribution in [0.5, 0.6) is 0 Å². The van der Waals surface area contributed by atoms with E-state index in [1.54, 1.807) is 6.07 Å². The van der Waals surface area contributed by atoms with Crippen LogP contribution < -0.4 is 5.32 Å². The van der Waals surface area contributed by atoms with Gasteiger partial charge in [0.05, 0.1) is 11.8 Å². The van der Waals surface area contributed by atoms with Crippen molar-refractivity contribution in [2.75, 3.05) is 6.54 Å². The molecule has 0 saturated heterocycles. The molecule has 0 saturated carbocycles. The fraction of sp³-hybridized carbons (Fsp3) is 0.733. The smallest absolute Gasteiger partial charge is 0.289 e. The minimum atomic E-state index is -0.398. The number of aliphatic hydroxyl groups excluding tert-OH is 1. The molecule has 1 amide bonds. The number of aromatic nitrogens is 1. The van der Waals surface area contributed by atoms with Crippen LogP contribution in [0.2, 0.25) is 0 Å². The molecule has 0 fully saturated rings. The number of aliphatic hydroxyl groups is 1. The zero-order chi connectivity index (χ0) is 15.1. The lowest BCUT2D eigenvalue weighted by atomic mass is 9.99. The maximum atomic E-state index is 11.9. The van der Waals surface area contributed by atoms with Crippen LogP contribution in [0.1, 0.15) is 69.1 Å². The van der Waals surface area contributed by atoms with Gasteiger partial charge in [-0.05, 0) is 25.2 Å². The van der Waals surface area contributed by atoms with E-state index in [-0.39, 0.29) is 17.6 Å². The van der Waals surface area contributed by atoms with Crippen LogP contribution in [0.3, 0.4) is 0 Å². The SMILES string of the molecule is CCC(CC)c1cc(C(=O)NCCC(O)C(C)C)on1. The van der Waals surface area contributed by atoms with Gasteiger partial charge in [0.15, 0.2) is 0 Å². The fourth-order valence-electron chi connectivity index (χ4n) is 2.05. The van der Waals surface area contributed by atoms with Crippen molar-refractivity contribution in [1.29, 1.82) is 0 Å². The van der Waals surface area contributed by atoms with Gasteiger partial charge < -0.3 is 14.9 Å². The third kappa shape index (κ3) is 4.63. The van der Waals surface area contributed by atoms with Crippen molar-refractivity contribution in [3.8, 4) is 0 Å². The highest BCUT2D eigenvalue weighted by Crippen LogP contribution is 2.22. The molecule has 1 heterocycles. The van der Waals surface area contributed by atoms with Gasteiger partial charge in [0.2, 0.25) is 5.76 Å². The molecule has 20 heavy (non-hydrogen) atoms. The van der Waals surface area contributed by atoms with E-state index < -0.39 is 6.10 Å². The number of hydrogen-bond acceptors (Lipinski definition) is 4. The zero-order valence-corrected chi connectivity index (χ0v) is 12.8. The zero-order valence-electron chi connectivity index (χ0n) is 12.8. The molecule has 1 aromatic rings. The summed E-state index contributed by atoms with van der Waals surface area (Å²) in [5.74, 6) is 0.498. The quantitative estimate of drug-likeness (QED) is 0.768. The summed E-state index contributed by atoms with van der Waals surface area (Å²) in [5, 5.41) is 16.4. The molecule has 1 atom stereocenters. The van der Waals surface area contributed by atoms with Crippen LogP contribution in [-0.4, -0.2) is 28.8 Å². The maximum absolute atomic E-state index is 11.9. The molecule has 5 heteroatoms. The van der Waals surface area contributed by atoms with E-state index >= 15 is 0 Å². The van der Waals surface area contributed by atoms with Gasteiger partial charge in [-0.15, -0.1) is 0 Å². The predicted octanol–water partition coefficient (Wildman–Crippen LogP) is 2.72. The topological polar surface area (TPSA) is 75.4 Å². The number of hydrogen-bond donors (Lipinski definition) is 2. The van der Waals surface area contributed by atoms with Crippen molar-refractivity contribution < 1.29 is 14.4 Å². The van der Waals surface area contributed by atoms with Crippen molar-refractivity contribution in [3.63, 3.8) is 0 Å². The van der Waals surface area contributed by atoms with Gasteiger partial charge in [-0.1, -0.05) is 32.9 Å². The van der Waals surface area contributed by atoms with Crippen LogP contribution in [0, 0.1) is 5.92 Å². The molecule has 0 radical (unpaired) electrons. The first-order chi connectivity index (χ1) is 9.49. The van der Waals surface area contributed by atoms with Crippen molar-refractivity contribution >= 4 is 5.91 Å². The Balaban J connectivity index is 2.48. The number of carbonyl (C=O) groups is 1. The lowest BCUT2D eigenvalue weighted by molar-refractivity contribution is 0.0886. The summed E-state index contributed by atoms with van der Waals surface area (Å²) in [6, 6.07) is 1.71. The van der Waals surface area contributed by atoms with Gasteiger partial charge in [-0.25, -0.2) is 0 Å². The van der Waals surface area contributed by atoms with Crippen molar-refractivity contribution in [3.05, 3.63) is 17.5 Å². The standard InChI is InChI=1S/C15H26N2O3/c1-5-11(6-2)12-9-14(20-17-12)15(19)16-8-7-13(18)10(3)4/h9-11,13,18H,5-8H2,1-4H3,(H,16,19). The Morgan fingerprint density at radius 2 is 2.05 bits per heavy atom. The summed E-state index contributed by atoms with van der Waals surface area (Å²) in [6.07, 6.45) is 2.09. The first-order valence-corrected chi connectivity index (χ1v) is 7.42. The van der Waals surface area contributed by atoms with Crippen molar-refractivity contribution in [2.24, 2.45) is 5.92 Å². The minimum absolute atomic E-state index is 0.193. The average molecular weight is 282 g/mol. The molecule has 1 aromatic heterocycles. The number of amides is 1. The highest BCUT2D eigenvalue weighted by atomic mass is 16.5. The molecule has 0 aliphatic carbocycles. The molecule has 1 rings (SSSR count). The first-order valence-electron chi connectivity index (χ1n) is 7.42. The third-order valence-electron chi connectivity index (χ3n) is 3.65. The number of nitrogens with one attached hydrogen (secondary N) is 1. The van der Waals surface area contributed by atoms with Gasteiger partial charge in [0, 0.05) is 18.5 Å². The Morgan fingerprint density at radius 1 is 1.40 bits per heavy atom. The summed E-state index contributed by atoms with van der Waals surface area (Å²) in [7, 11) is 0. The summed E-state index contributed by atoms with van der Waals surface area (Å²) in [6.45, 7) is 8.51. The lowest BCUT2D eigenvalue weighted by Crippen LogP contribution is -2.28. The molecule has 0 aliphatic heterocycles. The summed E-state index contributed by atoms with van der Waals surface area (Å²) in [4.78, 5) is 11.9. The molecule has 0 aliphatic rings. The summed E-state index contributed by atoms with van der Waals surface area (Å²) >= 11 is 0. The molecular formula is C15H26N2O3. The van der Waals surface area contributed by atoms with Crippen molar-refractivity contribution in [2.45, 2.75) is 59.0 Å². The van der Waals surface area contributed by atoms with Crippen LogP contribution in [0.4, 0.5) is 0 Å². The van der Waals surface area contributed by atoms with E-state index in [4.69, 9.17) is 4.52 Å². The van der Waals surface area contributed by atoms with E-state index in [2.05, 4.69) is 24.3 Å². The Labute approximate surface area is 120 Å². The fourth-order valence-corrected chi connectivity index (χ4v) is 2.05. The van der Waals surface area contributed by atoms with Crippen LogP contribution in [-0.2, 0) is 0 Å². The molecular weight excluding hydrogens is 256 g/mol. The highest BCUT2D eigenvalue weighted by molar-refractivity contribution is 5.91. The molecule has 2 N–H and O–H groups in total. The van der Waals surface area contributed by atoms with Crippen molar-refractivity contribution in [1.82, 2.24) is 10.5 Å². The molecule has 0 spiro atoms. The van der Waals surface area contributed by atoms with Gasteiger partial charge in [-0.2, -0.15) is 0 Å². The largest absolute Gasteiger partial charge is 0.393 e. The second-order valence-electron chi connectivity index (χ2n) is 5.49. The third-order valence-corrected chi connectivity index (χ3v) is 3.65. The maximum Gasteiger partial charge on any atom is 0.289 e. The van der Waals surface area contributed by atoms with Crippen LogP contribution in [0.15, 0.2) is 10.6 Å². The lowest BCUT2D eigenvalue weighted by Gasteiger charge is -2.13. The van der Waals surface area contributed by atoms with Gasteiger partial charge in [0.25, 0.3) is 5.91 Å². The molecule has 0 aromatic carbocycles. The summed E-state index contributed by atoms with van der Waals surface area (Å²) in [5.41, 5.74) is 0.836. The Kier molecular flexibility index (Phi) is 6.71. The van der Waals surface area contributed by atoms with E-state index in [0.29, 0.717) is 18.9 Å². The Morgan fingerprint density at radius 3 is 2.60 bits per heavy atom. The number of carbonyl (C=O) groups excluding carboxylic acids is 1. The molecule has 0 bridgehead atoms. The normalized spacial score (nSPS) is 12.9. The first kappa shape index (κ1) is 16.7. The van der Waals surface area contributed by atoms with Gasteiger partial charge in [-0.3, -0.25) is 4.79 Å². The number of rotatable bonds is 8.